The van der Waals surface area contributed by atoms with Gasteiger partial charge in [0.05, 0.1) is 18.3 Å². The van der Waals surface area contributed by atoms with Gasteiger partial charge in [0.15, 0.2) is 10.8 Å². The number of ether oxygens (including phenoxy) is 1. The minimum atomic E-state index is 0. The number of nitrogens with zero attached hydrogens (tertiary/aromatic N) is 7. The molecule has 1 saturated heterocycles. The summed E-state index contributed by atoms with van der Waals surface area (Å²) in [6.45, 7) is 0.785. The van der Waals surface area contributed by atoms with Crippen molar-refractivity contribution >= 4 is 57.1 Å². The van der Waals surface area contributed by atoms with Gasteiger partial charge in [-0.2, -0.15) is 4.98 Å². The molecular formula is C15H12Cl3N8OW-. The SMILES string of the molecule is Clc1n[c-]c2ncn(C3CCCCO3)c2n1.Clc1nc(Cl)c2[nH]cnc2n1.[W]. The van der Waals surface area contributed by atoms with E-state index in [0.29, 0.717) is 22.3 Å². The summed E-state index contributed by atoms with van der Waals surface area (Å²) in [5.74, 6) is 0. The van der Waals surface area contributed by atoms with Crippen molar-refractivity contribution in [2.24, 2.45) is 0 Å². The van der Waals surface area contributed by atoms with E-state index in [1.165, 1.54) is 6.33 Å². The molecular weight excluding hydrogens is 598 g/mol. The number of aromatic amines is 1. The Morgan fingerprint density at radius 2 is 1.96 bits per heavy atom. The Morgan fingerprint density at radius 3 is 2.75 bits per heavy atom. The van der Waals surface area contributed by atoms with Crippen molar-refractivity contribution in [3.63, 3.8) is 0 Å². The van der Waals surface area contributed by atoms with Gasteiger partial charge in [0, 0.05) is 33.2 Å². The number of aromatic nitrogens is 8. The van der Waals surface area contributed by atoms with Crippen LogP contribution in [0.25, 0.3) is 22.3 Å². The second-order valence-electron chi connectivity index (χ2n) is 5.63. The summed E-state index contributed by atoms with van der Waals surface area (Å²) in [7, 11) is 0. The van der Waals surface area contributed by atoms with Gasteiger partial charge in [0.1, 0.15) is 17.0 Å². The quantitative estimate of drug-likeness (QED) is 0.199. The van der Waals surface area contributed by atoms with E-state index in [4.69, 9.17) is 39.5 Å². The van der Waals surface area contributed by atoms with Gasteiger partial charge in [-0.25, -0.2) is 9.97 Å². The first kappa shape index (κ1) is 21.3. The Balaban J connectivity index is 0.000000165. The summed E-state index contributed by atoms with van der Waals surface area (Å²) in [6.07, 6.45) is 9.21. The molecule has 0 saturated carbocycles. The number of nitrogens with one attached hydrogen (secondary N) is 1. The Hall–Kier alpha value is -1.38. The normalized spacial score (nSPS) is 16.5. The number of halogens is 3. The van der Waals surface area contributed by atoms with Crippen molar-refractivity contribution < 1.29 is 25.8 Å². The van der Waals surface area contributed by atoms with Crippen molar-refractivity contribution in [2.45, 2.75) is 25.5 Å². The first-order valence-corrected chi connectivity index (χ1v) is 9.16. The van der Waals surface area contributed by atoms with Crippen LogP contribution >= 0.6 is 34.8 Å². The molecule has 0 amide bonds. The predicted octanol–water partition coefficient (Wildman–Crippen LogP) is 3.64. The van der Waals surface area contributed by atoms with Gasteiger partial charge in [-0.15, -0.1) is 11.6 Å². The number of hydrogen-bond acceptors (Lipinski definition) is 7. The van der Waals surface area contributed by atoms with Crippen molar-refractivity contribution in [2.75, 3.05) is 6.61 Å². The van der Waals surface area contributed by atoms with Crippen molar-refractivity contribution in [1.82, 2.24) is 39.5 Å². The molecule has 1 aliphatic rings. The van der Waals surface area contributed by atoms with Gasteiger partial charge in [-0.3, -0.25) is 4.98 Å². The van der Waals surface area contributed by atoms with Crippen LogP contribution in [-0.4, -0.2) is 46.1 Å². The molecule has 1 unspecified atom stereocenters. The molecule has 28 heavy (non-hydrogen) atoms. The average Bonchev–Trinajstić information content (AvgIpc) is 3.29. The average molecular weight is 611 g/mol. The first-order valence-electron chi connectivity index (χ1n) is 8.03. The summed E-state index contributed by atoms with van der Waals surface area (Å²) in [6, 6.07) is 0. The molecule has 4 aromatic rings. The van der Waals surface area contributed by atoms with E-state index >= 15 is 0 Å². The second-order valence-corrected chi connectivity index (χ2v) is 6.67. The Labute approximate surface area is 188 Å². The summed E-state index contributed by atoms with van der Waals surface area (Å²) in [4.78, 5) is 26.3. The second kappa shape index (κ2) is 9.41. The van der Waals surface area contributed by atoms with E-state index in [0.717, 1.165) is 25.9 Å². The van der Waals surface area contributed by atoms with Gasteiger partial charge in [-0.1, -0.05) is 11.6 Å². The Morgan fingerprint density at radius 1 is 1.11 bits per heavy atom. The zero-order chi connectivity index (χ0) is 18.8. The monoisotopic (exact) mass is 609 g/mol. The van der Waals surface area contributed by atoms with Crippen LogP contribution in [0, 0.1) is 6.20 Å². The van der Waals surface area contributed by atoms with E-state index in [1.54, 1.807) is 6.33 Å². The molecule has 1 N–H and O–H groups in total. The molecule has 5 rings (SSSR count). The first-order chi connectivity index (χ1) is 13.1. The molecule has 5 heterocycles. The van der Waals surface area contributed by atoms with Crippen LogP contribution in [-0.2, 0) is 25.8 Å². The van der Waals surface area contributed by atoms with E-state index in [9.17, 15) is 0 Å². The number of hydrogen-bond donors (Lipinski definition) is 1. The van der Waals surface area contributed by atoms with Gasteiger partial charge in [0.2, 0.25) is 5.28 Å². The van der Waals surface area contributed by atoms with Crippen LogP contribution in [0.15, 0.2) is 12.7 Å². The van der Waals surface area contributed by atoms with Crippen molar-refractivity contribution in [3.05, 3.63) is 34.6 Å². The van der Waals surface area contributed by atoms with Gasteiger partial charge in [0.25, 0.3) is 0 Å². The summed E-state index contributed by atoms with van der Waals surface area (Å²) >= 11 is 17.0. The molecule has 146 valence electrons. The molecule has 1 aliphatic heterocycles. The molecule has 0 aromatic carbocycles. The molecule has 9 nitrogen and oxygen atoms in total. The number of fused-ring (bicyclic) bond motifs is 2. The van der Waals surface area contributed by atoms with Crippen LogP contribution in [0.4, 0.5) is 0 Å². The molecule has 0 spiro atoms. The standard InChI is InChI=1S/C10H10ClN4O.C5H2Cl2N4.W/c11-10-12-5-7-9(14-10)15(6-13-7)8-3-1-2-4-16-8;6-3-2-4(9-1-8-2)11-5(7)10-3;/h6,8H,1-4H2;1H,(H,8,9,10,11);/q-1;;. The third kappa shape index (κ3) is 4.60. The van der Waals surface area contributed by atoms with Crippen molar-refractivity contribution in [1.29, 1.82) is 0 Å². The maximum Gasteiger partial charge on any atom is 0.225 e. The predicted molar refractivity (Wildman–Crippen MR) is 99.7 cm³/mol. The summed E-state index contributed by atoms with van der Waals surface area (Å²) in [5, 5.41) is 0.581. The van der Waals surface area contributed by atoms with Gasteiger partial charge < -0.3 is 24.3 Å². The largest absolute Gasteiger partial charge is 0.359 e. The van der Waals surface area contributed by atoms with Crippen LogP contribution in [0.3, 0.4) is 0 Å². The molecule has 13 heteroatoms. The van der Waals surface area contributed by atoms with E-state index in [-0.39, 0.29) is 43.0 Å². The molecule has 1 atom stereocenters. The topological polar surface area (TPSA) is 107 Å². The Kier molecular flexibility index (Phi) is 7.17. The fourth-order valence-corrected chi connectivity index (χ4v) is 3.23. The fraction of sp³-hybridized carbons (Fsp3) is 0.333. The van der Waals surface area contributed by atoms with Crippen LogP contribution in [0.2, 0.25) is 15.7 Å². The zero-order valence-corrected chi connectivity index (χ0v) is 19.3. The molecule has 1 fully saturated rings. The third-order valence-electron chi connectivity index (χ3n) is 3.90. The minimum absolute atomic E-state index is 0. The van der Waals surface area contributed by atoms with Crippen molar-refractivity contribution in [3.8, 4) is 0 Å². The van der Waals surface area contributed by atoms with Crippen LogP contribution in [0.1, 0.15) is 25.5 Å². The van der Waals surface area contributed by atoms with Gasteiger partial charge >= 0.3 is 0 Å². The van der Waals surface area contributed by atoms with E-state index in [2.05, 4.69) is 41.1 Å². The number of imidazole rings is 2. The Bertz CT molecular complexity index is 1080. The van der Waals surface area contributed by atoms with Gasteiger partial charge in [-0.05, 0) is 37.1 Å². The summed E-state index contributed by atoms with van der Waals surface area (Å²) < 4.78 is 7.58. The molecule has 0 aliphatic carbocycles. The third-order valence-corrected chi connectivity index (χ3v) is 4.51. The maximum atomic E-state index is 5.75. The molecule has 0 radical (unpaired) electrons. The van der Waals surface area contributed by atoms with Crippen LogP contribution < -0.4 is 0 Å². The number of rotatable bonds is 1. The minimum Gasteiger partial charge on any atom is -0.359 e. The summed E-state index contributed by atoms with van der Waals surface area (Å²) in [5.41, 5.74) is 2.40. The fourth-order valence-electron chi connectivity index (χ4n) is 2.68. The number of H-pyrrole nitrogens is 1. The maximum absolute atomic E-state index is 5.75. The van der Waals surface area contributed by atoms with E-state index in [1.807, 2.05) is 4.57 Å². The smallest absolute Gasteiger partial charge is 0.225 e. The molecule has 0 bridgehead atoms. The van der Waals surface area contributed by atoms with Crippen LogP contribution in [0.5, 0.6) is 0 Å². The zero-order valence-electron chi connectivity index (χ0n) is 14.1. The van der Waals surface area contributed by atoms with E-state index < -0.39 is 0 Å². The molecule has 4 aromatic heterocycles.